The summed E-state index contributed by atoms with van der Waals surface area (Å²) in [7, 11) is 0. The third-order valence-corrected chi connectivity index (χ3v) is 2.70. The zero-order valence-corrected chi connectivity index (χ0v) is 9.68. The standard InChI is InChI=1S/C12H14N2O3/c1-3-10(15)13-6-7-14(11(16)8-13)12-5-4-9(2)17-12/h3-5H,1,6-8H2,2H3. The van der Waals surface area contributed by atoms with Crippen molar-refractivity contribution in [1.82, 2.24) is 4.90 Å². The number of carbonyl (C=O) groups is 2. The number of nitrogens with zero attached hydrogens (tertiary/aromatic N) is 2. The highest BCUT2D eigenvalue weighted by Gasteiger charge is 2.28. The molecule has 2 rings (SSSR count). The van der Waals surface area contributed by atoms with E-state index < -0.39 is 0 Å². The molecular weight excluding hydrogens is 220 g/mol. The van der Waals surface area contributed by atoms with Gasteiger partial charge in [-0.05, 0) is 19.1 Å². The SMILES string of the molecule is C=CC(=O)N1CCN(c2ccc(C)o2)C(=O)C1. The first kappa shape index (κ1) is 11.4. The Hall–Kier alpha value is -2.04. The monoisotopic (exact) mass is 234 g/mol. The zero-order chi connectivity index (χ0) is 12.4. The van der Waals surface area contributed by atoms with Crippen LogP contribution < -0.4 is 4.90 Å². The molecule has 5 nitrogen and oxygen atoms in total. The van der Waals surface area contributed by atoms with Gasteiger partial charge in [0, 0.05) is 19.2 Å². The van der Waals surface area contributed by atoms with Crippen molar-refractivity contribution in [2.24, 2.45) is 0 Å². The van der Waals surface area contributed by atoms with Crippen molar-refractivity contribution in [3.8, 4) is 0 Å². The van der Waals surface area contributed by atoms with Crippen LogP contribution in [0, 0.1) is 6.92 Å². The minimum atomic E-state index is -0.214. The molecule has 0 radical (unpaired) electrons. The quantitative estimate of drug-likeness (QED) is 0.716. The molecule has 2 heterocycles. The summed E-state index contributed by atoms with van der Waals surface area (Å²) in [6.07, 6.45) is 1.22. The van der Waals surface area contributed by atoms with Crippen molar-refractivity contribution >= 4 is 17.7 Å². The molecule has 1 aromatic heterocycles. The van der Waals surface area contributed by atoms with Gasteiger partial charge in [-0.3, -0.25) is 14.5 Å². The number of aryl methyl sites for hydroxylation is 1. The lowest BCUT2D eigenvalue weighted by atomic mass is 10.3. The Morgan fingerprint density at radius 3 is 2.76 bits per heavy atom. The van der Waals surface area contributed by atoms with Crippen LogP contribution in [0.5, 0.6) is 0 Å². The van der Waals surface area contributed by atoms with E-state index in [0.717, 1.165) is 5.76 Å². The molecule has 0 aromatic carbocycles. The number of anilines is 1. The number of piperazine rings is 1. The smallest absolute Gasteiger partial charge is 0.248 e. The fraction of sp³-hybridized carbons (Fsp3) is 0.333. The minimum Gasteiger partial charge on any atom is -0.445 e. The predicted octanol–water partition coefficient (Wildman–Crippen LogP) is 0.949. The van der Waals surface area contributed by atoms with E-state index in [1.807, 2.05) is 13.0 Å². The maximum atomic E-state index is 11.9. The van der Waals surface area contributed by atoms with Gasteiger partial charge in [0.25, 0.3) is 0 Å². The lowest BCUT2D eigenvalue weighted by molar-refractivity contribution is -0.133. The zero-order valence-electron chi connectivity index (χ0n) is 9.68. The van der Waals surface area contributed by atoms with Crippen molar-refractivity contribution in [3.05, 3.63) is 30.5 Å². The van der Waals surface area contributed by atoms with Gasteiger partial charge in [0.05, 0.1) is 0 Å². The van der Waals surface area contributed by atoms with Crippen molar-refractivity contribution in [2.45, 2.75) is 6.92 Å². The Bertz CT molecular complexity index is 464. The number of hydrogen-bond donors (Lipinski definition) is 0. The molecule has 0 aliphatic carbocycles. The summed E-state index contributed by atoms with van der Waals surface area (Å²) in [5, 5.41) is 0. The number of hydrogen-bond acceptors (Lipinski definition) is 3. The van der Waals surface area contributed by atoms with Crippen LogP contribution in [-0.2, 0) is 9.59 Å². The molecule has 0 atom stereocenters. The Balaban J connectivity index is 2.08. The molecule has 1 saturated heterocycles. The molecule has 1 aromatic rings. The Morgan fingerprint density at radius 2 is 2.24 bits per heavy atom. The molecule has 2 amide bonds. The highest BCUT2D eigenvalue weighted by atomic mass is 16.4. The van der Waals surface area contributed by atoms with Gasteiger partial charge in [-0.15, -0.1) is 0 Å². The first-order chi connectivity index (χ1) is 8.11. The molecule has 1 fully saturated rings. The lowest BCUT2D eigenvalue weighted by Crippen LogP contribution is -2.52. The second-order valence-corrected chi connectivity index (χ2v) is 3.89. The number of amides is 2. The van der Waals surface area contributed by atoms with Gasteiger partial charge < -0.3 is 9.32 Å². The summed E-state index contributed by atoms with van der Waals surface area (Å²) < 4.78 is 5.40. The van der Waals surface area contributed by atoms with E-state index in [1.54, 1.807) is 11.0 Å². The minimum absolute atomic E-state index is 0.0740. The van der Waals surface area contributed by atoms with Gasteiger partial charge in [0.15, 0.2) is 0 Å². The van der Waals surface area contributed by atoms with Crippen LogP contribution in [0.3, 0.4) is 0 Å². The number of rotatable bonds is 2. The normalized spacial score (nSPS) is 16.2. The maximum absolute atomic E-state index is 11.9. The maximum Gasteiger partial charge on any atom is 0.248 e. The molecule has 5 heteroatoms. The van der Waals surface area contributed by atoms with E-state index in [9.17, 15) is 9.59 Å². The summed E-state index contributed by atoms with van der Waals surface area (Å²) in [6, 6.07) is 3.57. The van der Waals surface area contributed by atoms with Crippen LogP contribution in [-0.4, -0.2) is 36.3 Å². The average Bonchev–Trinajstić information content (AvgIpc) is 2.74. The summed E-state index contributed by atoms with van der Waals surface area (Å²) in [5.74, 6) is 0.949. The second kappa shape index (κ2) is 4.45. The second-order valence-electron chi connectivity index (χ2n) is 3.89. The van der Waals surface area contributed by atoms with E-state index in [2.05, 4.69) is 6.58 Å². The Kier molecular flexibility index (Phi) is 2.99. The molecular formula is C12H14N2O3. The molecule has 90 valence electrons. The van der Waals surface area contributed by atoms with Crippen molar-refractivity contribution < 1.29 is 14.0 Å². The van der Waals surface area contributed by atoms with Crippen LogP contribution in [0.25, 0.3) is 0 Å². The fourth-order valence-corrected chi connectivity index (χ4v) is 1.79. The lowest BCUT2D eigenvalue weighted by Gasteiger charge is -2.32. The summed E-state index contributed by atoms with van der Waals surface area (Å²) in [4.78, 5) is 26.3. The van der Waals surface area contributed by atoms with E-state index in [4.69, 9.17) is 4.42 Å². The molecule has 0 N–H and O–H groups in total. The molecule has 1 aliphatic rings. The van der Waals surface area contributed by atoms with Crippen LogP contribution in [0.1, 0.15) is 5.76 Å². The Morgan fingerprint density at radius 1 is 1.47 bits per heavy atom. The molecule has 0 bridgehead atoms. The summed E-state index contributed by atoms with van der Waals surface area (Å²) in [6.45, 7) is 6.25. The first-order valence-corrected chi connectivity index (χ1v) is 5.40. The van der Waals surface area contributed by atoms with Gasteiger partial charge in [0.2, 0.25) is 17.7 Å². The topological polar surface area (TPSA) is 53.8 Å². The van der Waals surface area contributed by atoms with Crippen LogP contribution in [0.15, 0.2) is 29.2 Å². The van der Waals surface area contributed by atoms with Crippen LogP contribution in [0.4, 0.5) is 5.88 Å². The molecule has 1 aliphatic heterocycles. The third kappa shape index (κ3) is 2.22. The Labute approximate surface area is 99.3 Å². The third-order valence-electron chi connectivity index (χ3n) is 2.70. The van der Waals surface area contributed by atoms with E-state index >= 15 is 0 Å². The average molecular weight is 234 g/mol. The van der Waals surface area contributed by atoms with Gasteiger partial charge in [-0.1, -0.05) is 6.58 Å². The van der Waals surface area contributed by atoms with Gasteiger partial charge in [-0.25, -0.2) is 0 Å². The molecule has 0 unspecified atom stereocenters. The summed E-state index contributed by atoms with van der Waals surface area (Å²) >= 11 is 0. The van der Waals surface area contributed by atoms with Gasteiger partial charge in [-0.2, -0.15) is 0 Å². The van der Waals surface area contributed by atoms with E-state index in [-0.39, 0.29) is 18.4 Å². The predicted molar refractivity (Wildman–Crippen MR) is 62.6 cm³/mol. The largest absolute Gasteiger partial charge is 0.445 e. The van der Waals surface area contributed by atoms with E-state index in [0.29, 0.717) is 19.0 Å². The van der Waals surface area contributed by atoms with Crippen molar-refractivity contribution in [1.29, 1.82) is 0 Å². The molecule has 0 saturated carbocycles. The van der Waals surface area contributed by atoms with Gasteiger partial charge >= 0.3 is 0 Å². The molecule has 0 spiro atoms. The molecule has 17 heavy (non-hydrogen) atoms. The highest BCUT2D eigenvalue weighted by molar-refractivity contribution is 5.98. The number of furan rings is 1. The van der Waals surface area contributed by atoms with Gasteiger partial charge in [0.1, 0.15) is 12.3 Å². The summed E-state index contributed by atoms with van der Waals surface area (Å²) in [5.41, 5.74) is 0. The van der Waals surface area contributed by atoms with E-state index in [1.165, 1.54) is 11.0 Å². The number of carbonyl (C=O) groups excluding carboxylic acids is 2. The van der Waals surface area contributed by atoms with Crippen molar-refractivity contribution in [3.63, 3.8) is 0 Å². The first-order valence-electron chi connectivity index (χ1n) is 5.40. The van der Waals surface area contributed by atoms with Crippen molar-refractivity contribution in [2.75, 3.05) is 24.5 Å². The highest BCUT2D eigenvalue weighted by Crippen LogP contribution is 2.20. The van der Waals surface area contributed by atoms with Crippen LogP contribution in [0.2, 0.25) is 0 Å². The van der Waals surface area contributed by atoms with Crippen LogP contribution >= 0.6 is 0 Å². The fourth-order valence-electron chi connectivity index (χ4n) is 1.79.